The normalized spacial score (nSPS) is 28.9. The Labute approximate surface area is 220 Å². The molecule has 0 aromatic heterocycles. The SMILES string of the molecule is O=C(COC(=O)c1ccc(N2C(=O)[C@@H]3[C@H]4C[C@@H]([C@H](Cl)[C@@H]4Cl)[C@@H]3C2=O)cc1)Nc1cccc(Cl)c1Cl. The summed E-state index contributed by atoms with van der Waals surface area (Å²) < 4.78 is 5.06. The molecule has 35 heavy (non-hydrogen) atoms. The summed E-state index contributed by atoms with van der Waals surface area (Å²) >= 11 is 24.7. The van der Waals surface area contributed by atoms with Crippen molar-refractivity contribution in [3.8, 4) is 0 Å². The Bertz CT molecular complexity index is 1200. The van der Waals surface area contributed by atoms with Gasteiger partial charge in [0.25, 0.3) is 5.91 Å². The monoisotopic (exact) mass is 554 g/mol. The molecule has 1 N–H and O–H groups in total. The number of hydrogen-bond acceptors (Lipinski definition) is 5. The van der Waals surface area contributed by atoms with Crippen molar-refractivity contribution in [3.05, 3.63) is 58.1 Å². The van der Waals surface area contributed by atoms with Crippen LogP contribution in [0.2, 0.25) is 10.0 Å². The third kappa shape index (κ3) is 4.08. The van der Waals surface area contributed by atoms with Crippen molar-refractivity contribution in [2.24, 2.45) is 23.7 Å². The number of nitrogens with one attached hydrogen (secondary N) is 1. The lowest BCUT2D eigenvalue weighted by Crippen LogP contribution is -2.37. The standard InChI is InChI=1S/C24H18Cl4N2O5/c25-14-2-1-3-15(21(14)28)29-16(31)9-35-24(34)10-4-6-11(7-5-10)30-22(32)17-12-8-13(18(17)23(30)33)20(27)19(12)26/h1-7,12-13,17-20H,8-9H2,(H,29,31)/t12-,13-,17-,18+,19-,20+/m1/s1. The van der Waals surface area contributed by atoms with Gasteiger partial charge in [0, 0.05) is 0 Å². The number of carbonyl (C=O) groups excluding carboxylic acids is 4. The van der Waals surface area contributed by atoms with Gasteiger partial charge in [-0.2, -0.15) is 0 Å². The lowest BCUT2D eigenvalue weighted by Gasteiger charge is -2.28. The Kier molecular flexibility index (Phi) is 6.46. The average molecular weight is 556 g/mol. The maximum Gasteiger partial charge on any atom is 0.338 e. The van der Waals surface area contributed by atoms with Gasteiger partial charge in [0.15, 0.2) is 6.61 Å². The van der Waals surface area contributed by atoms with E-state index in [2.05, 4.69) is 5.32 Å². The van der Waals surface area contributed by atoms with Gasteiger partial charge in [-0.3, -0.25) is 19.3 Å². The summed E-state index contributed by atoms with van der Waals surface area (Å²) in [6.45, 7) is -0.544. The van der Waals surface area contributed by atoms with E-state index in [9.17, 15) is 19.2 Å². The van der Waals surface area contributed by atoms with Gasteiger partial charge in [0.05, 0.1) is 49.6 Å². The zero-order chi connectivity index (χ0) is 25.0. The highest BCUT2D eigenvalue weighted by atomic mass is 35.5. The Hall–Kier alpha value is -2.32. The molecule has 3 fully saturated rings. The van der Waals surface area contributed by atoms with Gasteiger partial charge in [0.2, 0.25) is 11.8 Å². The van der Waals surface area contributed by atoms with E-state index in [1.807, 2.05) is 0 Å². The van der Waals surface area contributed by atoms with E-state index in [1.165, 1.54) is 24.3 Å². The fourth-order valence-electron chi connectivity index (χ4n) is 5.35. The van der Waals surface area contributed by atoms with Crippen LogP contribution in [0.15, 0.2) is 42.5 Å². The molecule has 3 aliphatic rings. The fourth-order valence-corrected chi connectivity index (χ4v) is 6.59. The van der Waals surface area contributed by atoms with Crippen LogP contribution in [0.25, 0.3) is 0 Å². The lowest BCUT2D eigenvalue weighted by molar-refractivity contribution is -0.123. The van der Waals surface area contributed by atoms with Crippen molar-refractivity contribution in [2.75, 3.05) is 16.8 Å². The van der Waals surface area contributed by atoms with E-state index in [4.69, 9.17) is 51.1 Å². The summed E-state index contributed by atoms with van der Waals surface area (Å²) in [5.41, 5.74) is 0.808. The quantitative estimate of drug-likeness (QED) is 0.326. The van der Waals surface area contributed by atoms with E-state index in [0.717, 1.165) is 4.90 Å². The van der Waals surface area contributed by atoms with Crippen LogP contribution in [0.5, 0.6) is 0 Å². The molecule has 0 radical (unpaired) electrons. The van der Waals surface area contributed by atoms with Crippen molar-refractivity contribution < 1.29 is 23.9 Å². The molecule has 5 rings (SSSR count). The van der Waals surface area contributed by atoms with Crippen molar-refractivity contribution >= 4 is 81.5 Å². The third-order valence-corrected chi connectivity index (χ3v) is 9.05. The molecule has 1 heterocycles. The molecule has 3 amide bonds. The smallest absolute Gasteiger partial charge is 0.338 e. The van der Waals surface area contributed by atoms with Crippen molar-refractivity contribution in [1.29, 1.82) is 0 Å². The third-order valence-electron chi connectivity index (χ3n) is 6.91. The van der Waals surface area contributed by atoms with Crippen LogP contribution in [0.4, 0.5) is 11.4 Å². The molecule has 1 aliphatic heterocycles. The predicted molar refractivity (Wildman–Crippen MR) is 132 cm³/mol. The highest BCUT2D eigenvalue weighted by Gasteiger charge is 2.66. The molecular formula is C24H18Cl4N2O5. The van der Waals surface area contributed by atoms with Gasteiger partial charge >= 0.3 is 5.97 Å². The van der Waals surface area contributed by atoms with E-state index in [0.29, 0.717) is 17.8 Å². The summed E-state index contributed by atoms with van der Waals surface area (Å²) in [6, 6.07) is 10.6. The van der Waals surface area contributed by atoms with Gasteiger partial charge in [-0.1, -0.05) is 29.3 Å². The second-order valence-electron chi connectivity index (χ2n) is 8.79. The lowest BCUT2D eigenvalue weighted by atomic mass is 9.80. The molecule has 2 bridgehead atoms. The summed E-state index contributed by atoms with van der Waals surface area (Å²) in [5, 5.41) is 2.31. The Morgan fingerprint density at radius 2 is 1.54 bits per heavy atom. The molecule has 0 unspecified atom stereocenters. The van der Waals surface area contributed by atoms with Crippen LogP contribution in [-0.2, 0) is 19.1 Å². The number of halogens is 4. The molecule has 182 valence electrons. The minimum atomic E-state index is -0.743. The first-order valence-corrected chi connectivity index (χ1v) is 12.5. The second kappa shape index (κ2) is 9.28. The van der Waals surface area contributed by atoms with Crippen molar-refractivity contribution in [1.82, 2.24) is 0 Å². The molecule has 6 atom stereocenters. The van der Waals surface area contributed by atoms with Gasteiger partial charge < -0.3 is 10.1 Å². The van der Waals surface area contributed by atoms with Crippen LogP contribution < -0.4 is 10.2 Å². The number of benzene rings is 2. The number of anilines is 2. The van der Waals surface area contributed by atoms with Crippen molar-refractivity contribution in [3.63, 3.8) is 0 Å². The van der Waals surface area contributed by atoms with E-state index in [1.54, 1.807) is 18.2 Å². The number of nitrogens with zero attached hydrogens (tertiary/aromatic N) is 1. The first-order valence-electron chi connectivity index (χ1n) is 10.9. The summed E-state index contributed by atoms with van der Waals surface area (Å²) in [7, 11) is 0. The number of alkyl halides is 2. The fraction of sp³-hybridized carbons (Fsp3) is 0.333. The average Bonchev–Trinajstić information content (AvgIpc) is 3.45. The molecule has 1 saturated heterocycles. The van der Waals surface area contributed by atoms with Gasteiger partial charge in [-0.05, 0) is 54.7 Å². The zero-order valence-corrected chi connectivity index (χ0v) is 20.9. The van der Waals surface area contributed by atoms with Crippen LogP contribution in [0, 0.1) is 23.7 Å². The Morgan fingerprint density at radius 1 is 0.943 bits per heavy atom. The molecule has 2 aromatic rings. The number of carbonyl (C=O) groups is 4. The summed E-state index contributed by atoms with van der Waals surface area (Å²) in [5.74, 6) is -3.05. The summed E-state index contributed by atoms with van der Waals surface area (Å²) in [4.78, 5) is 51.8. The largest absolute Gasteiger partial charge is 0.452 e. The minimum absolute atomic E-state index is 0.113. The zero-order valence-electron chi connectivity index (χ0n) is 17.9. The highest BCUT2D eigenvalue weighted by molar-refractivity contribution is 6.44. The topological polar surface area (TPSA) is 92.8 Å². The first-order chi connectivity index (χ1) is 16.7. The molecular weight excluding hydrogens is 538 g/mol. The van der Waals surface area contributed by atoms with Crippen LogP contribution >= 0.6 is 46.4 Å². The second-order valence-corrected chi connectivity index (χ2v) is 10.6. The number of hydrogen-bond donors (Lipinski definition) is 1. The van der Waals surface area contributed by atoms with Crippen LogP contribution in [0.1, 0.15) is 16.8 Å². The molecule has 7 nitrogen and oxygen atoms in total. The predicted octanol–water partition coefficient (Wildman–Crippen LogP) is 4.76. The molecule has 2 aliphatic carbocycles. The van der Waals surface area contributed by atoms with Gasteiger partial charge in [-0.25, -0.2) is 4.79 Å². The van der Waals surface area contributed by atoms with Crippen LogP contribution in [0.3, 0.4) is 0 Å². The Morgan fingerprint density at radius 3 is 2.14 bits per heavy atom. The molecule has 2 saturated carbocycles. The first kappa shape index (κ1) is 24.4. The highest BCUT2D eigenvalue weighted by Crippen LogP contribution is 2.59. The number of fused-ring (bicyclic) bond motifs is 5. The van der Waals surface area contributed by atoms with E-state index >= 15 is 0 Å². The van der Waals surface area contributed by atoms with Crippen LogP contribution in [-0.4, -0.2) is 41.1 Å². The van der Waals surface area contributed by atoms with E-state index in [-0.39, 0.29) is 50.0 Å². The number of ether oxygens (including phenoxy) is 1. The molecule has 0 spiro atoms. The minimum Gasteiger partial charge on any atom is -0.452 e. The number of imide groups is 1. The number of rotatable bonds is 5. The number of amides is 3. The maximum absolute atomic E-state index is 13.1. The van der Waals surface area contributed by atoms with E-state index < -0.39 is 30.3 Å². The number of esters is 1. The van der Waals surface area contributed by atoms with Crippen molar-refractivity contribution in [2.45, 2.75) is 17.2 Å². The maximum atomic E-state index is 13.1. The molecule has 2 aromatic carbocycles. The van der Waals surface area contributed by atoms with Gasteiger partial charge in [-0.15, -0.1) is 23.2 Å². The summed E-state index contributed by atoms with van der Waals surface area (Å²) in [6.07, 6.45) is 0.685. The Balaban J connectivity index is 1.22. The molecule has 11 heteroatoms. The van der Waals surface area contributed by atoms with Gasteiger partial charge in [0.1, 0.15) is 0 Å².